The van der Waals surface area contributed by atoms with Gasteiger partial charge in [0, 0.05) is 17.3 Å². The first-order valence-electron chi connectivity index (χ1n) is 8.91. The van der Waals surface area contributed by atoms with Gasteiger partial charge in [-0.3, -0.25) is 23.4 Å². The van der Waals surface area contributed by atoms with Gasteiger partial charge in [-0.05, 0) is 19.1 Å². The molecule has 160 valence electrons. The molecule has 1 aromatic carbocycles. The largest absolute Gasteiger partial charge is 0.530 e. The number of benzene rings is 1. The number of nitrogens with one attached hydrogen (secondary N) is 1. The second kappa shape index (κ2) is 8.34. The third kappa shape index (κ3) is 4.27. The van der Waals surface area contributed by atoms with Gasteiger partial charge in [0.25, 0.3) is 5.56 Å². The quantitative estimate of drug-likeness (QED) is 0.401. The molecule has 0 saturated carbocycles. The average Bonchev–Trinajstić information content (AvgIpc) is 3.17. The number of halogens is 2. The molecule has 2 aliphatic rings. The molecule has 0 aliphatic carbocycles. The fraction of sp³-hybridized carbons (Fsp3) is 0.333. The van der Waals surface area contributed by atoms with Crippen molar-refractivity contribution < 1.29 is 22.9 Å². The van der Waals surface area contributed by atoms with Gasteiger partial charge in [-0.1, -0.05) is 24.3 Å². The van der Waals surface area contributed by atoms with Crippen LogP contribution in [0.25, 0.3) is 0 Å². The summed E-state index contributed by atoms with van der Waals surface area (Å²) in [7, 11) is -4.02. The second-order valence-electron chi connectivity index (χ2n) is 6.66. The normalized spacial score (nSPS) is 27.8. The summed E-state index contributed by atoms with van der Waals surface area (Å²) in [6.45, 7) is 1.40. The number of hydrogen-bond acceptors (Lipinski definition) is 7. The number of hydrogen-bond donors (Lipinski definition) is 1. The number of para-hydroxylation sites is 1. The summed E-state index contributed by atoms with van der Waals surface area (Å²) in [6.07, 6.45) is 2.39. The number of alkyl halides is 2. The molecule has 0 saturated heterocycles. The lowest BCUT2D eigenvalue weighted by Gasteiger charge is -2.31. The summed E-state index contributed by atoms with van der Waals surface area (Å²) in [4.78, 5) is 24.8. The molecule has 2 aliphatic heterocycles. The van der Waals surface area contributed by atoms with Crippen molar-refractivity contribution in [1.82, 2.24) is 9.55 Å². The lowest BCUT2D eigenvalue weighted by Crippen LogP contribution is -2.33. The van der Waals surface area contributed by atoms with Gasteiger partial charge in [-0.25, -0.2) is 9.36 Å². The van der Waals surface area contributed by atoms with Crippen LogP contribution in [-0.2, 0) is 18.3 Å². The molecule has 0 radical (unpaired) electrons. The zero-order valence-electron chi connectivity index (χ0n) is 15.6. The molecule has 3 heterocycles. The number of phosphoric acid groups is 1. The predicted octanol–water partition coefficient (Wildman–Crippen LogP) is 3.38. The highest BCUT2D eigenvalue weighted by atomic mass is 35.5. The predicted molar refractivity (Wildman–Crippen MR) is 109 cm³/mol. The van der Waals surface area contributed by atoms with Crippen molar-refractivity contribution in [2.24, 2.45) is 0 Å². The Labute approximate surface area is 180 Å². The number of ether oxygens (including phenoxy) is 1. The van der Waals surface area contributed by atoms with Crippen molar-refractivity contribution in [1.29, 1.82) is 0 Å². The van der Waals surface area contributed by atoms with E-state index >= 15 is 0 Å². The van der Waals surface area contributed by atoms with Crippen LogP contribution in [0.5, 0.6) is 5.75 Å². The number of aromatic amines is 1. The summed E-state index contributed by atoms with van der Waals surface area (Å²) in [6, 6.07) is 6.78. The maximum Gasteiger partial charge on any atom is 0.530 e. The van der Waals surface area contributed by atoms with Gasteiger partial charge in [-0.2, -0.15) is 0 Å². The highest BCUT2D eigenvalue weighted by molar-refractivity contribution is 7.49. The molecule has 2 unspecified atom stereocenters. The average molecular weight is 475 g/mol. The van der Waals surface area contributed by atoms with E-state index in [2.05, 4.69) is 4.98 Å². The summed E-state index contributed by atoms with van der Waals surface area (Å²) in [5, 5.41) is 0. The molecule has 0 fully saturated rings. The standard InChI is InChI=1S/C18H17Cl2N2O7P/c1-10-8-22(18(24)21-17(10)23)14-7-6-11(27-14)9-26-30(25)28-13-5-3-2-4-12(13)15(29-30)16(19)20/h2-8,11,14-16H,9H2,1H3,(H,21,23,24)/t11-,14+,15?,30?/m0/s1. The van der Waals surface area contributed by atoms with Gasteiger partial charge in [0.2, 0.25) is 0 Å². The molecule has 2 aromatic rings. The van der Waals surface area contributed by atoms with E-state index in [1.807, 2.05) is 0 Å². The van der Waals surface area contributed by atoms with Crippen LogP contribution in [0.3, 0.4) is 0 Å². The van der Waals surface area contributed by atoms with Crippen molar-refractivity contribution in [3.8, 4) is 5.75 Å². The first kappa shape index (κ1) is 21.4. The van der Waals surface area contributed by atoms with Crippen LogP contribution in [0.15, 0.2) is 52.2 Å². The molecule has 0 amide bonds. The van der Waals surface area contributed by atoms with Crippen LogP contribution >= 0.6 is 31.0 Å². The molecule has 0 bridgehead atoms. The number of aryl methyl sites for hydroxylation is 1. The summed E-state index contributed by atoms with van der Waals surface area (Å²) in [5.74, 6) is 0.305. The minimum atomic E-state index is -4.02. The van der Waals surface area contributed by atoms with E-state index in [1.165, 1.54) is 10.8 Å². The topological polar surface area (TPSA) is 109 Å². The van der Waals surface area contributed by atoms with E-state index in [-0.39, 0.29) is 6.61 Å². The Hall–Kier alpha value is -1.87. The van der Waals surface area contributed by atoms with E-state index < -0.39 is 42.3 Å². The molecule has 4 atom stereocenters. The van der Waals surface area contributed by atoms with E-state index in [0.717, 1.165) is 0 Å². The summed E-state index contributed by atoms with van der Waals surface area (Å²) in [5.41, 5.74) is -0.147. The van der Waals surface area contributed by atoms with Crippen molar-refractivity contribution in [2.75, 3.05) is 6.61 Å². The van der Waals surface area contributed by atoms with Crippen molar-refractivity contribution >= 4 is 31.0 Å². The molecular formula is C18H17Cl2N2O7P. The minimum Gasteiger partial charge on any atom is -0.404 e. The molecule has 1 aromatic heterocycles. The Bertz CT molecular complexity index is 1150. The Morgan fingerprint density at radius 3 is 2.80 bits per heavy atom. The smallest absolute Gasteiger partial charge is 0.404 e. The highest BCUT2D eigenvalue weighted by Crippen LogP contribution is 2.60. The van der Waals surface area contributed by atoms with Crippen molar-refractivity contribution in [3.05, 3.63) is 74.6 Å². The molecule has 0 spiro atoms. The Morgan fingerprint density at radius 1 is 1.27 bits per heavy atom. The van der Waals surface area contributed by atoms with Gasteiger partial charge in [-0.15, -0.1) is 23.2 Å². The maximum absolute atomic E-state index is 13.0. The molecule has 9 nitrogen and oxygen atoms in total. The minimum absolute atomic E-state index is 0.175. The van der Waals surface area contributed by atoms with Gasteiger partial charge in [0.15, 0.2) is 6.23 Å². The number of rotatable bonds is 5. The molecule has 30 heavy (non-hydrogen) atoms. The van der Waals surface area contributed by atoms with Gasteiger partial charge >= 0.3 is 13.5 Å². The van der Waals surface area contributed by atoms with Gasteiger partial charge in [0.1, 0.15) is 22.8 Å². The van der Waals surface area contributed by atoms with E-state index in [0.29, 0.717) is 16.9 Å². The summed E-state index contributed by atoms with van der Waals surface area (Å²) < 4.78 is 36.3. The zero-order chi connectivity index (χ0) is 21.5. The monoisotopic (exact) mass is 474 g/mol. The number of nitrogens with zero attached hydrogens (tertiary/aromatic N) is 1. The SMILES string of the molecule is Cc1cn([C@H]2C=C[C@@H](COP3(=O)Oc4ccccc4C(C(Cl)Cl)O3)O2)c(=O)[nH]c1=O. The number of fused-ring (bicyclic) bond motifs is 1. The number of aromatic nitrogens is 2. The molecule has 1 N–H and O–H groups in total. The first-order chi connectivity index (χ1) is 14.3. The zero-order valence-corrected chi connectivity index (χ0v) is 18.0. The third-order valence-corrected chi connectivity index (χ3v) is 6.36. The van der Waals surface area contributed by atoms with Crippen LogP contribution in [0.2, 0.25) is 0 Å². The van der Waals surface area contributed by atoms with Crippen LogP contribution in [0.1, 0.15) is 23.5 Å². The van der Waals surface area contributed by atoms with E-state index in [1.54, 1.807) is 43.3 Å². The molecule has 12 heteroatoms. The number of H-pyrrole nitrogens is 1. The fourth-order valence-electron chi connectivity index (χ4n) is 3.06. The molecular weight excluding hydrogens is 458 g/mol. The lowest BCUT2D eigenvalue weighted by molar-refractivity contribution is -0.0151. The maximum atomic E-state index is 13.0. The van der Waals surface area contributed by atoms with Crippen LogP contribution < -0.4 is 15.8 Å². The van der Waals surface area contributed by atoms with Crippen LogP contribution in [0, 0.1) is 6.92 Å². The Balaban J connectivity index is 1.44. The van der Waals surface area contributed by atoms with E-state index in [9.17, 15) is 14.2 Å². The van der Waals surface area contributed by atoms with Gasteiger partial charge in [0.05, 0.1) is 6.61 Å². The third-order valence-electron chi connectivity index (χ3n) is 4.53. The van der Waals surface area contributed by atoms with Gasteiger partial charge < -0.3 is 9.26 Å². The second-order valence-corrected chi connectivity index (χ2v) is 9.37. The Morgan fingerprint density at radius 2 is 2.03 bits per heavy atom. The highest BCUT2D eigenvalue weighted by Gasteiger charge is 2.43. The van der Waals surface area contributed by atoms with Crippen LogP contribution in [0.4, 0.5) is 0 Å². The number of phosphoric ester groups is 1. The first-order valence-corrected chi connectivity index (χ1v) is 11.2. The van der Waals surface area contributed by atoms with Crippen molar-refractivity contribution in [3.63, 3.8) is 0 Å². The fourth-order valence-corrected chi connectivity index (χ4v) is 4.98. The summed E-state index contributed by atoms with van der Waals surface area (Å²) >= 11 is 12.0. The van der Waals surface area contributed by atoms with E-state index in [4.69, 9.17) is 41.5 Å². The van der Waals surface area contributed by atoms with Crippen LogP contribution in [-0.4, -0.2) is 27.1 Å². The van der Waals surface area contributed by atoms with Crippen molar-refractivity contribution in [2.45, 2.75) is 30.2 Å². The lowest BCUT2D eigenvalue weighted by atomic mass is 10.1. The Kier molecular flexibility index (Phi) is 5.94. The molecule has 4 rings (SSSR count).